The monoisotopic (exact) mass is 640 g/mol. The third-order valence-electron chi connectivity index (χ3n) is 7.34. The van der Waals surface area contributed by atoms with Crippen LogP contribution in [-0.2, 0) is 6.61 Å². The Morgan fingerprint density at radius 2 is 1.85 bits per heavy atom. The molecule has 234 valence electrons. The molecule has 0 unspecified atom stereocenters. The number of hydrogen-bond acceptors (Lipinski definition) is 8. The van der Waals surface area contributed by atoms with Gasteiger partial charge in [0.1, 0.15) is 12.4 Å². The summed E-state index contributed by atoms with van der Waals surface area (Å²) in [5.41, 5.74) is 3.01. The molecule has 0 amide bonds. The molecular weight excluding hydrogens is 612 g/mol. The molecule has 0 radical (unpaired) electrons. The van der Waals surface area contributed by atoms with Crippen molar-refractivity contribution in [1.29, 1.82) is 0 Å². The number of methoxy groups -OCH3 is 1. The average Bonchev–Trinajstić information content (AvgIpc) is 3.03. The van der Waals surface area contributed by atoms with Gasteiger partial charge in [0.05, 0.1) is 39.7 Å². The number of carboxylic acids is 1. The summed E-state index contributed by atoms with van der Waals surface area (Å²) in [4.78, 5) is 41.1. The number of benzene rings is 4. The Kier molecular flexibility index (Phi) is 9.15. The van der Waals surface area contributed by atoms with E-state index in [1.165, 1.54) is 35.2 Å². The number of ether oxygens (including phenoxy) is 2. The molecule has 0 fully saturated rings. The predicted molar refractivity (Wildman–Crippen MR) is 176 cm³/mol. The molecule has 0 saturated heterocycles. The Hall–Kier alpha value is -5.55. The van der Waals surface area contributed by atoms with Crippen molar-refractivity contribution in [2.24, 2.45) is 5.10 Å². The molecule has 0 spiro atoms. The van der Waals surface area contributed by atoms with Crippen LogP contribution in [0.15, 0.2) is 82.7 Å². The smallest absolute Gasteiger partial charge is 0.335 e. The summed E-state index contributed by atoms with van der Waals surface area (Å²) in [7, 11) is 1.61. The summed E-state index contributed by atoms with van der Waals surface area (Å²) in [6, 6.07) is 19.4. The lowest BCUT2D eigenvalue weighted by atomic mass is 9.96. The second-order valence-corrected chi connectivity index (χ2v) is 11.2. The van der Waals surface area contributed by atoms with Gasteiger partial charge in [-0.15, -0.1) is 0 Å². The van der Waals surface area contributed by atoms with Crippen molar-refractivity contribution in [2.75, 3.05) is 7.11 Å². The number of hydrogen-bond donors (Lipinski definition) is 1. The summed E-state index contributed by atoms with van der Waals surface area (Å²) >= 11 is 6.46. The van der Waals surface area contributed by atoms with Crippen molar-refractivity contribution < 1.29 is 24.3 Å². The highest BCUT2D eigenvalue weighted by atomic mass is 35.5. The van der Waals surface area contributed by atoms with E-state index < -0.39 is 22.1 Å². The molecule has 0 aliphatic rings. The van der Waals surface area contributed by atoms with E-state index in [4.69, 9.17) is 31.2 Å². The van der Waals surface area contributed by atoms with E-state index >= 15 is 0 Å². The van der Waals surface area contributed by atoms with Gasteiger partial charge >= 0.3 is 11.7 Å². The van der Waals surface area contributed by atoms with Gasteiger partial charge in [-0.1, -0.05) is 49.7 Å². The van der Waals surface area contributed by atoms with E-state index in [9.17, 15) is 19.7 Å². The van der Waals surface area contributed by atoms with Gasteiger partial charge in [0.15, 0.2) is 5.82 Å². The molecule has 46 heavy (non-hydrogen) atoms. The molecular formula is C34H29ClN4O7. The zero-order valence-electron chi connectivity index (χ0n) is 25.4. The number of nitro benzene ring substituents is 1. The number of para-hydroxylation sites is 1. The van der Waals surface area contributed by atoms with Crippen LogP contribution < -0.4 is 15.0 Å². The number of aromatic nitrogens is 2. The number of rotatable bonds is 10. The molecule has 4 aromatic carbocycles. The molecule has 12 heteroatoms. The lowest BCUT2D eigenvalue weighted by Gasteiger charge is -2.17. The average molecular weight is 641 g/mol. The van der Waals surface area contributed by atoms with Crippen molar-refractivity contribution in [2.45, 2.75) is 33.3 Å². The van der Waals surface area contributed by atoms with E-state index in [1.807, 2.05) is 32.9 Å². The Bertz CT molecular complexity index is 2070. The maximum absolute atomic E-state index is 13.8. The van der Waals surface area contributed by atoms with E-state index in [0.717, 1.165) is 16.9 Å². The minimum Gasteiger partial charge on any atom is -0.496 e. The van der Waals surface area contributed by atoms with Gasteiger partial charge in [-0.2, -0.15) is 9.78 Å². The van der Waals surface area contributed by atoms with Gasteiger partial charge in [0, 0.05) is 17.2 Å². The molecule has 0 atom stereocenters. The Morgan fingerprint density at radius 3 is 2.50 bits per heavy atom. The largest absolute Gasteiger partial charge is 0.496 e. The number of nitrogens with zero attached hydrogens (tertiary/aromatic N) is 4. The molecule has 1 aromatic heterocycles. The van der Waals surface area contributed by atoms with Gasteiger partial charge in [0.25, 0.3) is 5.56 Å². The van der Waals surface area contributed by atoms with Crippen LogP contribution in [0, 0.1) is 17.0 Å². The summed E-state index contributed by atoms with van der Waals surface area (Å²) in [6.07, 6.45) is 1.30. The highest BCUT2D eigenvalue weighted by Crippen LogP contribution is 2.37. The maximum Gasteiger partial charge on any atom is 0.335 e. The van der Waals surface area contributed by atoms with Crippen molar-refractivity contribution >= 4 is 40.4 Å². The fraction of sp³-hybridized carbons (Fsp3) is 0.176. The van der Waals surface area contributed by atoms with Crippen LogP contribution in [0.2, 0.25) is 5.02 Å². The van der Waals surface area contributed by atoms with Gasteiger partial charge in [-0.05, 0) is 72.0 Å². The van der Waals surface area contributed by atoms with E-state index in [1.54, 1.807) is 43.5 Å². The molecule has 5 aromatic rings. The molecule has 0 aliphatic heterocycles. The van der Waals surface area contributed by atoms with Crippen LogP contribution in [-0.4, -0.2) is 39.0 Å². The van der Waals surface area contributed by atoms with Crippen molar-refractivity contribution in [3.8, 4) is 22.9 Å². The van der Waals surface area contributed by atoms with E-state index in [-0.39, 0.29) is 40.2 Å². The molecule has 11 nitrogen and oxygen atoms in total. The summed E-state index contributed by atoms with van der Waals surface area (Å²) < 4.78 is 12.5. The first kappa shape index (κ1) is 31.9. The minimum atomic E-state index is -1.07. The maximum atomic E-state index is 13.8. The summed E-state index contributed by atoms with van der Waals surface area (Å²) in [6.45, 7) is 5.87. The van der Waals surface area contributed by atoms with Crippen molar-refractivity contribution in [1.82, 2.24) is 9.66 Å². The number of halogens is 1. The second-order valence-electron chi connectivity index (χ2n) is 10.8. The predicted octanol–water partition coefficient (Wildman–Crippen LogP) is 7.22. The quantitative estimate of drug-likeness (QED) is 0.0956. The highest BCUT2D eigenvalue weighted by Gasteiger charge is 2.22. The molecule has 1 N–H and O–H groups in total. The van der Waals surface area contributed by atoms with Crippen molar-refractivity contribution in [3.05, 3.63) is 126 Å². The molecule has 0 saturated carbocycles. The zero-order valence-corrected chi connectivity index (χ0v) is 26.1. The Labute approximate surface area is 268 Å². The fourth-order valence-electron chi connectivity index (χ4n) is 4.95. The number of aryl methyl sites for hydroxylation is 1. The van der Waals surface area contributed by atoms with Crippen LogP contribution in [0.25, 0.3) is 22.3 Å². The number of carbonyl (C=O) groups is 1. The lowest BCUT2D eigenvalue weighted by molar-refractivity contribution is -0.385. The van der Waals surface area contributed by atoms with Gasteiger partial charge in [0.2, 0.25) is 5.75 Å². The molecule has 0 bridgehead atoms. The number of aromatic carboxylic acids is 1. The first-order valence-corrected chi connectivity index (χ1v) is 14.5. The molecule has 0 aliphatic carbocycles. The van der Waals surface area contributed by atoms with Crippen LogP contribution in [0.4, 0.5) is 5.69 Å². The Balaban J connectivity index is 1.57. The van der Waals surface area contributed by atoms with Crippen LogP contribution >= 0.6 is 11.6 Å². The van der Waals surface area contributed by atoms with Crippen molar-refractivity contribution in [3.63, 3.8) is 0 Å². The van der Waals surface area contributed by atoms with Gasteiger partial charge in [-0.25, -0.2) is 9.78 Å². The normalized spacial score (nSPS) is 11.3. The Morgan fingerprint density at radius 1 is 1.13 bits per heavy atom. The second kappa shape index (κ2) is 13.2. The van der Waals surface area contributed by atoms with Gasteiger partial charge < -0.3 is 14.6 Å². The summed E-state index contributed by atoms with van der Waals surface area (Å²) in [5.74, 6) is -0.110. The van der Waals surface area contributed by atoms with E-state index in [2.05, 4.69) is 5.10 Å². The fourth-order valence-corrected chi connectivity index (χ4v) is 5.23. The standard InChI is InChI=1S/C34H29ClN4O7/c1-19(2)25-16-26(20(3)13-30(25)45-4)32-37-28-8-6-5-7-24(28)33(40)38(32)36-17-22-14-27(35)31(29(15-22)39(43)44)46-18-21-9-11-23(12-10-21)34(41)42/h5-17,19H,18H2,1-4H3,(H,41,42). The third-order valence-corrected chi connectivity index (χ3v) is 7.62. The number of nitro groups is 1. The van der Waals surface area contributed by atoms with Crippen LogP contribution in [0.1, 0.15) is 52.4 Å². The van der Waals surface area contributed by atoms with E-state index in [0.29, 0.717) is 22.0 Å². The van der Waals surface area contributed by atoms with Crippen LogP contribution in [0.5, 0.6) is 11.5 Å². The van der Waals surface area contributed by atoms with Gasteiger partial charge in [-0.3, -0.25) is 14.9 Å². The highest BCUT2D eigenvalue weighted by molar-refractivity contribution is 6.32. The third kappa shape index (κ3) is 6.45. The minimum absolute atomic E-state index is 0.0467. The molecule has 5 rings (SSSR count). The SMILES string of the molecule is COc1cc(C)c(-c2nc3ccccc3c(=O)n2N=Cc2cc(Cl)c(OCc3ccc(C(=O)O)cc3)c([N+](=O)[O-])c2)cc1C(C)C. The first-order valence-electron chi connectivity index (χ1n) is 14.2. The zero-order chi connectivity index (χ0) is 33.1. The van der Waals surface area contributed by atoms with Crippen LogP contribution in [0.3, 0.4) is 0 Å². The topological polar surface area (TPSA) is 146 Å². The molecule has 1 heterocycles. The number of carboxylic acid groups (broad SMARTS) is 1. The lowest BCUT2D eigenvalue weighted by Crippen LogP contribution is -2.20. The first-order chi connectivity index (χ1) is 22.0. The summed E-state index contributed by atoms with van der Waals surface area (Å²) in [5, 5.41) is 25.9. The number of fused-ring (bicyclic) bond motifs is 1.